The fourth-order valence-electron chi connectivity index (χ4n) is 1.69. The molecule has 0 N–H and O–H groups in total. The summed E-state index contributed by atoms with van der Waals surface area (Å²) in [6.45, 7) is 0. The van der Waals surface area contributed by atoms with Gasteiger partial charge >= 0.3 is 0 Å². The minimum absolute atomic E-state index is 0.122. The molecule has 20 heavy (non-hydrogen) atoms. The summed E-state index contributed by atoms with van der Waals surface area (Å²) in [5.74, 6) is -0.689. The highest BCUT2D eigenvalue weighted by Crippen LogP contribution is 2.20. The van der Waals surface area contributed by atoms with Gasteiger partial charge in [0.1, 0.15) is 0 Å². The zero-order valence-electron chi connectivity index (χ0n) is 10.8. The molecule has 0 heterocycles. The molecule has 0 aliphatic rings. The molecule has 0 aliphatic carbocycles. The number of methoxy groups -OCH3 is 1. The number of ether oxygens (including phenoxy) is 1. The van der Waals surface area contributed by atoms with E-state index in [1.807, 2.05) is 24.3 Å². The van der Waals surface area contributed by atoms with Gasteiger partial charge in [-0.2, -0.15) is 0 Å². The molecule has 0 saturated heterocycles. The van der Waals surface area contributed by atoms with Gasteiger partial charge in [-0.05, 0) is 42.0 Å². The summed E-state index contributed by atoms with van der Waals surface area (Å²) in [6, 6.07) is 11.7. The van der Waals surface area contributed by atoms with E-state index in [-0.39, 0.29) is 17.1 Å². The molecule has 0 spiro atoms. The van der Waals surface area contributed by atoms with Crippen LogP contribution < -0.4 is 4.74 Å². The summed E-state index contributed by atoms with van der Waals surface area (Å²) < 4.78 is 19.2. The molecular weight excluding hydrogens is 323 g/mol. The van der Waals surface area contributed by atoms with Crippen LogP contribution >= 0.6 is 15.9 Å². The van der Waals surface area contributed by atoms with E-state index in [0.717, 1.165) is 10.0 Å². The summed E-state index contributed by atoms with van der Waals surface area (Å²) in [6.07, 6.45) is 3.11. The topological polar surface area (TPSA) is 26.3 Å². The van der Waals surface area contributed by atoms with Crippen LogP contribution in [0.25, 0.3) is 6.08 Å². The van der Waals surface area contributed by atoms with E-state index in [1.165, 1.54) is 31.4 Å². The average molecular weight is 335 g/mol. The second-order valence-electron chi connectivity index (χ2n) is 4.07. The second kappa shape index (κ2) is 6.48. The van der Waals surface area contributed by atoms with Crippen LogP contribution in [-0.4, -0.2) is 12.9 Å². The average Bonchev–Trinajstić information content (AvgIpc) is 2.46. The van der Waals surface area contributed by atoms with E-state index in [0.29, 0.717) is 0 Å². The molecule has 0 radical (unpaired) electrons. The zero-order valence-corrected chi connectivity index (χ0v) is 12.4. The Morgan fingerprint density at radius 2 is 2.00 bits per heavy atom. The van der Waals surface area contributed by atoms with Crippen LogP contribution in [0.4, 0.5) is 4.39 Å². The Morgan fingerprint density at radius 1 is 1.25 bits per heavy atom. The normalized spacial score (nSPS) is 10.8. The first-order valence-electron chi connectivity index (χ1n) is 5.92. The number of ketones is 1. The lowest BCUT2D eigenvalue weighted by Gasteiger charge is -2.02. The van der Waals surface area contributed by atoms with Gasteiger partial charge in [-0.3, -0.25) is 4.79 Å². The Morgan fingerprint density at radius 3 is 2.65 bits per heavy atom. The van der Waals surface area contributed by atoms with Crippen LogP contribution in [-0.2, 0) is 0 Å². The standard InChI is InChI=1S/C16H12BrFO2/c1-20-16-9-7-12(10-14(16)18)15(19)8-6-11-4-2-3-5-13(11)17/h2-10H,1H3/b8-6+. The van der Waals surface area contributed by atoms with Crippen molar-refractivity contribution in [2.24, 2.45) is 0 Å². The van der Waals surface area contributed by atoms with Gasteiger partial charge in [0.15, 0.2) is 17.3 Å². The van der Waals surface area contributed by atoms with Crippen molar-refractivity contribution in [3.05, 3.63) is 70.0 Å². The Balaban J connectivity index is 2.20. The number of halogens is 2. The fraction of sp³-hybridized carbons (Fsp3) is 0.0625. The van der Waals surface area contributed by atoms with Gasteiger partial charge in [-0.1, -0.05) is 34.1 Å². The molecule has 2 rings (SSSR count). The van der Waals surface area contributed by atoms with Gasteiger partial charge in [-0.25, -0.2) is 4.39 Å². The molecule has 0 bridgehead atoms. The highest BCUT2D eigenvalue weighted by molar-refractivity contribution is 9.10. The number of hydrogen-bond donors (Lipinski definition) is 0. The third-order valence-corrected chi connectivity index (χ3v) is 3.48. The largest absolute Gasteiger partial charge is 0.494 e. The molecule has 2 aromatic carbocycles. The summed E-state index contributed by atoms with van der Waals surface area (Å²) in [5, 5.41) is 0. The number of carbonyl (C=O) groups is 1. The quantitative estimate of drug-likeness (QED) is 0.608. The molecule has 2 aromatic rings. The first-order valence-corrected chi connectivity index (χ1v) is 6.71. The third kappa shape index (κ3) is 3.33. The van der Waals surface area contributed by atoms with Crippen molar-refractivity contribution in [3.63, 3.8) is 0 Å². The van der Waals surface area contributed by atoms with E-state index >= 15 is 0 Å². The molecule has 0 aromatic heterocycles. The summed E-state index contributed by atoms with van der Waals surface area (Å²) in [4.78, 5) is 12.0. The van der Waals surface area contributed by atoms with E-state index in [4.69, 9.17) is 4.74 Å². The fourth-order valence-corrected chi connectivity index (χ4v) is 2.11. The number of benzene rings is 2. The molecule has 0 saturated carbocycles. The lowest BCUT2D eigenvalue weighted by atomic mass is 10.1. The van der Waals surface area contributed by atoms with Crippen molar-refractivity contribution >= 4 is 27.8 Å². The van der Waals surface area contributed by atoms with Crippen LogP contribution in [0.1, 0.15) is 15.9 Å². The lowest BCUT2D eigenvalue weighted by molar-refractivity contribution is 0.104. The Labute approximate surface area is 125 Å². The van der Waals surface area contributed by atoms with Gasteiger partial charge in [0.2, 0.25) is 0 Å². The monoisotopic (exact) mass is 334 g/mol. The van der Waals surface area contributed by atoms with Crippen molar-refractivity contribution in [1.82, 2.24) is 0 Å². The van der Waals surface area contributed by atoms with Crippen molar-refractivity contribution in [3.8, 4) is 5.75 Å². The summed E-state index contributed by atoms with van der Waals surface area (Å²) in [5.41, 5.74) is 1.17. The summed E-state index contributed by atoms with van der Waals surface area (Å²) in [7, 11) is 1.38. The van der Waals surface area contributed by atoms with E-state index in [2.05, 4.69) is 15.9 Å². The van der Waals surface area contributed by atoms with Crippen molar-refractivity contribution in [2.75, 3.05) is 7.11 Å². The minimum Gasteiger partial charge on any atom is -0.494 e. The smallest absolute Gasteiger partial charge is 0.185 e. The highest BCUT2D eigenvalue weighted by atomic mass is 79.9. The van der Waals surface area contributed by atoms with Crippen LogP contribution in [0.3, 0.4) is 0 Å². The number of allylic oxidation sites excluding steroid dienone is 1. The van der Waals surface area contributed by atoms with Crippen LogP contribution in [0.15, 0.2) is 53.0 Å². The van der Waals surface area contributed by atoms with E-state index in [1.54, 1.807) is 6.08 Å². The Kier molecular flexibility index (Phi) is 4.69. The molecule has 0 unspecified atom stereocenters. The molecule has 0 atom stereocenters. The number of carbonyl (C=O) groups excluding carboxylic acids is 1. The van der Waals surface area contributed by atoms with Crippen molar-refractivity contribution < 1.29 is 13.9 Å². The Hall–Kier alpha value is -1.94. The second-order valence-corrected chi connectivity index (χ2v) is 4.92. The predicted octanol–water partition coefficient (Wildman–Crippen LogP) is 4.49. The number of rotatable bonds is 4. The SMILES string of the molecule is COc1ccc(C(=O)/C=C/c2ccccc2Br)cc1F. The minimum atomic E-state index is -0.548. The predicted molar refractivity (Wildman–Crippen MR) is 80.5 cm³/mol. The van der Waals surface area contributed by atoms with Gasteiger partial charge in [0.05, 0.1) is 7.11 Å². The highest BCUT2D eigenvalue weighted by Gasteiger charge is 2.07. The molecular formula is C16H12BrFO2. The van der Waals surface area contributed by atoms with E-state index < -0.39 is 5.82 Å². The van der Waals surface area contributed by atoms with Gasteiger partial charge in [0.25, 0.3) is 0 Å². The van der Waals surface area contributed by atoms with Gasteiger partial charge in [0, 0.05) is 10.0 Å². The third-order valence-electron chi connectivity index (χ3n) is 2.76. The summed E-state index contributed by atoms with van der Waals surface area (Å²) >= 11 is 3.39. The molecule has 4 heteroatoms. The maximum atomic E-state index is 13.5. The molecule has 102 valence electrons. The maximum Gasteiger partial charge on any atom is 0.185 e. The Bertz CT molecular complexity index is 665. The van der Waals surface area contributed by atoms with Gasteiger partial charge in [-0.15, -0.1) is 0 Å². The molecule has 0 aliphatic heterocycles. The first kappa shape index (κ1) is 14.5. The zero-order chi connectivity index (χ0) is 14.5. The lowest BCUT2D eigenvalue weighted by Crippen LogP contribution is -1.97. The van der Waals surface area contributed by atoms with Crippen molar-refractivity contribution in [2.45, 2.75) is 0 Å². The molecule has 0 amide bonds. The van der Waals surface area contributed by atoms with Crippen molar-refractivity contribution in [1.29, 1.82) is 0 Å². The van der Waals surface area contributed by atoms with Crippen LogP contribution in [0.5, 0.6) is 5.75 Å². The number of hydrogen-bond acceptors (Lipinski definition) is 2. The van der Waals surface area contributed by atoms with E-state index in [9.17, 15) is 9.18 Å². The van der Waals surface area contributed by atoms with Crippen LogP contribution in [0, 0.1) is 5.82 Å². The van der Waals surface area contributed by atoms with Gasteiger partial charge < -0.3 is 4.74 Å². The molecule has 0 fully saturated rings. The molecule has 2 nitrogen and oxygen atoms in total. The first-order chi connectivity index (χ1) is 9.61. The maximum absolute atomic E-state index is 13.5. The van der Waals surface area contributed by atoms with Crippen LogP contribution in [0.2, 0.25) is 0 Å².